The van der Waals surface area contributed by atoms with Crippen molar-refractivity contribution in [1.29, 1.82) is 0 Å². The zero-order valence-electron chi connectivity index (χ0n) is 13.2. The minimum Gasteiger partial charge on any atom is -0.483 e. The molecule has 2 aromatic rings. The second-order valence-corrected chi connectivity index (χ2v) is 5.97. The molecule has 1 atom stereocenters. The van der Waals surface area contributed by atoms with E-state index in [9.17, 15) is 9.59 Å². The van der Waals surface area contributed by atoms with Crippen LogP contribution < -0.4 is 10.1 Å². The molecule has 1 aliphatic rings. The molecule has 1 heterocycles. The molecule has 1 fully saturated rings. The number of carboxylic acids is 1. The molecule has 3 rings (SSSR count). The van der Waals surface area contributed by atoms with Crippen LogP contribution in [0, 0.1) is 0 Å². The van der Waals surface area contributed by atoms with Crippen molar-refractivity contribution < 1.29 is 24.2 Å². The summed E-state index contributed by atoms with van der Waals surface area (Å²) in [5.41, 5.74) is -0.842. The Morgan fingerprint density at radius 1 is 1.21 bits per heavy atom. The maximum Gasteiger partial charge on any atom is 0.305 e. The number of hydrogen-bond acceptors (Lipinski definition) is 4. The lowest BCUT2D eigenvalue weighted by Gasteiger charge is -2.27. The van der Waals surface area contributed by atoms with Crippen LogP contribution in [0.3, 0.4) is 0 Å². The largest absolute Gasteiger partial charge is 0.483 e. The number of benzene rings is 2. The third-order valence-electron chi connectivity index (χ3n) is 4.11. The number of fused-ring (bicyclic) bond motifs is 1. The van der Waals surface area contributed by atoms with Gasteiger partial charge in [0.1, 0.15) is 5.75 Å². The van der Waals surface area contributed by atoms with Gasteiger partial charge in [-0.05, 0) is 17.9 Å². The second-order valence-electron chi connectivity index (χ2n) is 5.97. The van der Waals surface area contributed by atoms with Gasteiger partial charge in [0.2, 0.25) is 0 Å². The Kier molecular flexibility index (Phi) is 4.66. The molecule has 0 aromatic heterocycles. The van der Waals surface area contributed by atoms with Crippen molar-refractivity contribution in [3.63, 3.8) is 0 Å². The van der Waals surface area contributed by atoms with E-state index in [1.54, 1.807) is 6.07 Å². The standard InChI is InChI=1S/C18H19NO5/c20-16(19-18(10-17(21)22)8-9-23-12-18)11-24-15-7-3-5-13-4-1-2-6-14(13)15/h1-7H,8-12H2,(H,19,20)(H,21,22). The zero-order chi connectivity index (χ0) is 17.0. The van der Waals surface area contributed by atoms with Gasteiger partial charge >= 0.3 is 5.97 Å². The van der Waals surface area contributed by atoms with E-state index >= 15 is 0 Å². The first-order valence-corrected chi connectivity index (χ1v) is 7.79. The number of nitrogens with one attached hydrogen (secondary N) is 1. The minimum absolute atomic E-state index is 0.160. The van der Waals surface area contributed by atoms with Gasteiger partial charge in [-0.2, -0.15) is 0 Å². The molecule has 0 bridgehead atoms. The lowest BCUT2D eigenvalue weighted by molar-refractivity contribution is -0.139. The fourth-order valence-corrected chi connectivity index (χ4v) is 2.98. The van der Waals surface area contributed by atoms with Crippen LogP contribution in [0.25, 0.3) is 10.8 Å². The normalized spacial score (nSPS) is 20.0. The molecule has 0 aliphatic carbocycles. The van der Waals surface area contributed by atoms with Crippen LogP contribution in [0.2, 0.25) is 0 Å². The van der Waals surface area contributed by atoms with E-state index in [1.807, 2.05) is 36.4 Å². The van der Waals surface area contributed by atoms with Crippen LogP contribution in [0.15, 0.2) is 42.5 Å². The van der Waals surface area contributed by atoms with Crippen LogP contribution in [0.1, 0.15) is 12.8 Å². The number of ether oxygens (including phenoxy) is 2. The monoisotopic (exact) mass is 329 g/mol. The van der Waals surface area contributed by atoms with Gasteiger partial charge < -0.3 is 19.9 Å². The summed E-state index contributed by atoms with van der Waals surface area (Å²) in [6.07, 6.45) is 0.326. The quantitative estimate of drug-likeness (QED) is 0.846. The van der Waals surface area contributed by atoms with Crippen molar-refractivity contribution in [3.8, 4) is 5.75 Å². The topological polar surface area (TPSA) is 84.9 Å². The number of aliphatic carboxylic acids is 1. The zero-order valence-corrected chi connectivity index (χ0v) is 13.2. The van der Waals surface area contributed by atoms with Gasteiger partial charge in [0.25, 0.3) is 5.91 Å². The smallest absolute Gasteiger partial charge is 0.305 e. The highest BCUT2D eigenvalue weighted by Crippen LogP contribution is 2.25. The molecular formula is C18H19NO5. The number of carbonyl (C=O) groups excluding carboxylic acids is 1. The van der Waals surface area contributed by atoms with E-state index in [1.165, 1.54) is 0 Å². The first-order chi connectivity index (χ1) is 11.6. The predicted molar refractivity (Wildman–Crippen MR) is 88.0 cm³/mol. The van der Waals surface area contributed by atoms with Gasteiger partial charge in [-0.1, -0.05) is 36.4 Å². The first-order valence-electron chi connectivity index (χ1n) is 7.79. The molecule has 24 heavy (non-hydrogen) atoms. The van der Waals surface area contributed by atoms with E-state index in [-0.39, 0.29) is 25.5 Å². The summed E-state index contributed by atoms with van der Waals surface area (Å²) >= 11 is 0. The molecule has 0 spiro atoms. The maximum atomic E-state index is 12.2. The fraction of sp³-hybridized carbons (Fsp3) is 0.333. The van der Waals surface area contributed by atoms with Gasteiger partial charge in [-0.3, -0.25) is 9.59 Å². The summed E-state index contributed by atoms with van der Waals surface area (Å²) in [5, 5.41) is 13.8. The first kappa shape index (κ1) is 16.3. The Balaban J connectivity index is 1.65. The van der Waals surface area contributed by atoms with Gasteiger partial charge in [0, 0.05) is 12.0 Å². The summed E-state index contributed by atoms with van der Waals surface area (Å²) in [6, 6.07) is 13.4. The van der Waals surface area contributed by atoms with E-state index in [2.05, 4.69) is 5.32 Å². The van der Waals surface area contributed by atoms with Crippen LogP contribution >= 0.6 is 0 Å². The molecular weight excluding hydrogens is 310 g/mol. The number of hydrogen-bond donors (Lipinski definition) is 2. The van der Waals surface area contributed by atoms with E-state index < -0.39 is 11.5 Å². The Morgan fingerprint density at radius 3 is 2.75 bits per heavy atom. The fourth-order valence-electron chi connectivity index (χ4n) is 2.98. The third kappa shape index (κ3) is 3.65. The van der Waals surface area contributed by atoms with Crippen molar-refractivity contribution in [2.75, 3.05) is 19.8 Å². The Hall–Kier alpha value is -2.60. The predicted octanol–water partition coefficient (Wildman–Crippen LogP) is 1.97. The lowest BCUT2D eigenvalue weighted by atomic mass is 9.94. The molecule has 2 aromatic carbocycles. The SMILES string of the molecule is O=C(O)CC1(NC(=O)COc2cccc3ccccc23)CCOC1. The molecule has 1 amide bonds. The number of amides is 1. The third-order valence-corrected chi connectivity index (χ3v) is 4.11. The Morgan fingerprint density at radius 2 is 2.00 bits per heavy atom. The average molecular weight is 329 g/mol. The van der Waals surface area contributed by atoms with Crippen molar-refractivity contribution in [2.24, 2.45) is 0 Å². The molecule has 1 unspecified atom stereocenters. The van der Waals surface area contributed by atoms with Crippen molar-refractivity contribution in [1.82, 2.24) is 5.32 Å². The van der Waals surface area contributed by atoms with Gasteiger partial charge in [-0.25, -0.2) is 0 Å². The molecule has 0 radical (unpaired) electrons. The van der Waals surface area contributed by atoms with E-state index in [0.717, 1.165) is 10.8 Å². The van der Waals surface area contributed by atoms with Crippen LogP contribution in [-0.2, 0) is 14.3 Å². The molecule has 1 saturated heterocycles. The van der Waals surface area contributed by atoms with E-state index in [4.69, 9.17) is 14.6 Å². The van der Waals surface area contributed by atoms with Crippen LogP contribution in [0.5, 0.6) is 5.75 Å². The Bertz CT molecular complexity index is 747. The highest BCUT2D eigenvalue weighted by molar-refractivity contribution is 5.88. The summed E-state index contributed by atoms with van der Waals surface area (Å²) in [6.45, 7) is 0.479. The molecule has 0 saturated carbocycles. The molecule has 2 N–H and O–H groups in total. The highest BCUT2D eigenvalue weighted by atomic mass is 16.5. The van der Waals surface area contributed by atoms with Crippen molar-refractivity contribution in [2.45, 2.75) is 18.4 Å². The summed E-state index contributed by atoms with van der Waals surface area (Å²) in [7, 11) is 0. The molecule has 126 valence electrons. The summed E-state index contributed by atoms with van der Waals surface area (Å²) < 4.78 is 10.9. The summed E-state index contributed by atoms with van der Waals surface area (Å²) in [4.78, 5) is 23.2. The van der Waals surface area contributed by atoms with Crippen molar-refractivity contribution >= 4 is 22.6 Å². The maximum absolute atomic E-state index is 12.2. The lowest BCUT2D eigenvalue weighted by Crippen LogP contribution is -2.51. The number of carbonyl (C=O) groups is 2. The Labute approximate surface area is 139 Å². The molecule has 6 heteroatoms. The van der Waals surface area contributed by atoms with Crippen molar-refractivity contribution in [3.05, 3.63) is 42.5 Å². The number of carboxylic acid groups (broad SMARTS) is 1. The van der Waals surface area contributed by atoms with Gasteiger partial charge in [0.15, 0.2) is 6.61 Å². The number of rotatable bonds is 6. The average Bonchev–Trinajstić information content (AvgIpc) is 3.00. The highest BCUT2D eigenvalue weighted by Gasteiger charge is 2.38. The van der Waals surface area contributed by atoms with Crippen LogP contribution in [-0.4, -0.2) is 42.3 Å². The van der Waals surface area contributed by atoms with Crippen LogP contribution in [0.4, 0.5) is 0 Å². The second kappa shape index (κ2) is 6.88. The summed E-state index contributed by atoms with van der Waals surface area (Å²) in [5.74, 6) is -0.691. The molecule has 1 aliphatic heterocycles. The van der Waals surface area contributed by atoms with E-state index in [0.29, 0.717) is 18.8 Å². The molecule has 6 nitrogen and oxygen atoms in total. The minimum atomic E-state index is -0.962. The van der Waals surface area contributed by atoms with Gasteiger partial charge in [-0.15, -0.1) is 0 Å². The van der Waals surface area contributed by atoms with Gasteiger partial charge in [0.05, 0.1) is 18.6 Å².